The Labute approximate surface area is 169 Å². The van der Waals surface area contributed by atoms with Gasteiger partial charge in [0.2, 0.25) is 5.91 Å². The van der Waals surface area contributed by atoms with Crippen molar-refractivity contribution >= 4 is 45.2 Å². The summed E-state index contributed by atoms with van der Waals surface area (Å²) in [5.74, 6) is 1.40. The van der Waals surface area contributed by atoms with E-state index >= 15 is 0 Å². The number of thiazole rings is 1. The number of nitrogens with zero attached hydrogens (tertiary/aromatic N) is 5. The number of carbonyl (C=O) groups is 1. The van der Waals surface area contributed by atoms with Crippen molar-refractivity contribution in [3.63, 3.8) is 0 Å². The number of fused-ring (bicyclic) bond motifs is 1. The minimum Gasteiger partial charge on any atom is -0.301 e. The highest BCUT2D eigenvalue weighted by atomic mass is 32.2. The number of nitrogens with one attached hydrogen (secondary N) is 1. The number of hydrogen-bond donors (Lipinski definition) is 1. The third kappa shape index (κ3) is 3.50. The molecule has 0 unspecified atom stereocenters. The van der Waals surface area contributed by atoms with Gasteiger partial charge < -0.3 is 5.32 Å². The zero-order valence-corrected chi connectivity index (χ0v) is 16.4. The van der Waals surface area contributed by atoms with E-state index in [1.807, 2.05) is 40.4 Å². The van der Waals surface area contributed by atoms with Gasteiger partial charge in [-0.3, -0.25) is 4.79 Å². The Bertz CT molecular complexity index is 1120. The maximum Gasteiger partial charge on any atom is 0.236 e. The van der Waals surface area contributed by atoms with Crippen LogP contribution in [-0.4, -0.2) is 36.4 Å². The number of thioether (sulfide) groups is 1. The Balaban J connectivity index is 1.46. The molecule has 1 aromatic carbocycles. The van der Waals surface area contributed by atoms with Crippen molar-refractivity contribution < 1.29 is 4.79 Å². The summed E-state index contributed by atoms with van der Waals surface area (Å²) in [7, 11) is 0. The smallest absolute Gasteiger partial charge is 0.236 e. The highest BCUT2D eigenvalue weighted by Crippen LogP contribution is 2.40. The standard InChI is InChI=1S/C19H16N6OS2/c26-15(22-19-20-8-9-27-19)11-28-18-14-10-21-25(13-4-2-1-3-5-13)17(14)23-16(24-18)12-6-7-12/h1-5,8-10,12H,6-7,11H2,(H,20,22,26). The number of amides is 1. The van der Waals surface area contributed by atoms with E-state index in [-0.39, 0.29) is 11.7 Å². The lowest BCUT2D eigenvalue weighted by Gasteiger charge is -2.07. The van der Waals surface area contributed by atoms with Crippen molar-refractivity contribution in [3.8, 4) is 5.69 Å². The van der Waals surface area contributed by atoms with Gasteiger partial charge in [0.1, 0.15) is 10.9 Å². The van der Waals surface area contributed by atoms with Crippen LogP contribution < -0.4 is 5.32 Å². The van der Waals surface area contributed by atoms with Crippen molar-refractivity contribution in [2.75, 3.05) is 11.1 Å². The Morgan fingerprint density at radius 1 is 1.25 bits per heavy atom. The first kappa shape index (κ1) is 17.3. The summed E-state index contributed by atoms with van der Waals surface area (Å²) >= 11 is 2.81. The second-order valence-electron chi connectivity index (χ2n) is 6.46. The fourth-order valence-electron chi connectivity index (χ4n) is 2.86. The number of benzene rings is 1. The van der Waals surface area contributed by atoms with Crippen LogP contribution in [0.5, 0.6) is 0 Å². The second kappa shape index (κ2) is 7.33. The van der Waals surface area contributed by atoms with E-state index in [1.165, 1.54) is 23.1 Å². The normalized spacial score (nSPS) is 13.7. The van der Waals surface area contributed by atoms with Crippen LogP contribution in [0.2, 0.25) is 0 Å². The van der Waals surface area contributed by atoms with Crippen molar-refractivity contribution in [3.05, 3.63) is 53.9 Å². The molecule has 1 aliphatic carbocycles. The van der Waals surface area contributed by atoms with Gasteiger partial charge >= 0.3 is 0 Å². The van der Waals surface area contributed by atoms with E-state index in [4.69, 9.17) is 9.97 Å². The Morgan fingerprint density at radius 3 is 2.86 bits per heavy atom. The highest BCUT2D eigenvalue weighted by Gasteiger charge is 2.28. The molecule has 1 N–H and O–H groups in total. The Hall–Kier alpha value is -2.78. The minimum atomic E-state index is -0.102. The monoisotopic (exact) mass is 408 g/mol. The molecule has 140 valence electrons. The number of anilines is 1. The molecule has 0 radical (unpaired) electrons. The van der Waals surface area contributed by atoms with Crippen LogP contribution in [-0.2, 0) is 4.79 Å². The van der Waals surface area contributed by atoms with Gasteiger partial charge in [-0.1, -0.05) is 30.0 Å². The molecule has 0 spiro atoms. The number of para-hydroxylation sites is 1. The van der Waals surface area contributed by atoms with E-state index in [0.29, 0.717) is 11.0 Å². The lowest BCUT2D eigenvalue weighted by atomic mass is 10.3. The van der Waals surface area contributed by atoms with E-state index in [0.717, 1.165) is 40.4 Å². The van der Waals surface area contributed by atoms with Gasteiger partial charge in [0, 0.05) is 17.5 Å². The van der Waals surface area contributed by atoms with Crippen LogP contribution in [0.3, 0.4) is 0 Å². The van der Waals surface area contributed by atoms with Gasteiger partial charge in [-0.05, 0) is 25.0 Å². The molecule has 0 bridgehead atoms. The molecule has 1 aliphatic rings. The summed E-state index contributed by atoms with van der Waals surface area (Å²) in [5, 5.41) is 11.4. The fourth-order valence-corrected chi connectivity index (χ4v) is 4.21. The van der Waals surface area contributed by atoms with E-state index in [9.17, 15) is 4.79 Å². The van der Waals surface area contributed by atoms with E-state index < -0.39 is 0 Å². The molecule has 1 fully saturated rings. The van der Waals surface area contributed by atoms with E-state index in [1.54, 1.807) is 12.4 Å². The third-order valence-electron chi connectivity index (χ3n) is 4.37. The average molecular weight is 409 g/mol. The molecule has 5 rings (SSSR count). The lowest BCUT2D eigenvalue weighted by molar-refractivity contribution is -0.113. The maximum absolute atomic E-state index is 12.2. The molecule has 4 aromatic rings. The first-order valence-corrected chi connectivity index (χ1v) is 10.8. The van der Waals surface area contributed by atoms with Crippen molar-refractivity contribution in [2.24, 2.45) is 0 Å². The molecular weight excluding hydrogens is 392 g/mol. The lowest BCUT2D eigenvalue weighted by Crippen LogP contribution is -2.14. The zero-order chi connectivity index (χ0) is 18.9. The Morgan fingerprint density at radius 2 is 2.11 bits per heavy atom. The van der Waals surface area contributed by atoms with Gasteiger partial charge in [-0.2, -0.15) is 5.10 Å². The number of aromatic nitrogens is 5. The van der Waals surface area contributed by atoms with E-state index in [2.05, 4.69) is 15.4 Å². The van der Waals surface area contributed by atoms with Gasteiger partial charge in [0.15, 0.2) is 10.8 Å². The summed E-state index contributed by atoms with van der Waals surface area (Å²) < 4.78 is 1.84. The van der Waals surface area contributed by atoms with Crippen LogP contribution in [0, 0.1) is 0 Å². The molecule has 3 aromatic heterocycles. The zero-order valence-electron chi connectivity index (χ0n) is 14.8. The van der Waals surface area contributed by atoms with Gasteiger partial charge in [0.05, 0.1) is 23.0 Å². The summed E-state index contributed by atoms with van der Waals surface area (Å²) in [6.45, 7) is 0. The van der Waals surface area contributed by atoms with Gasteiger partial charge in [-0.15, -0.1) is 11.3 Å². The predicted octanol–water partition coefficient (Wildman–Crippen LogP) is 3.88. The molecule has 7 nitrogen and oxygen atoms in total. The average Bonchev–Trinajstić information content (AvgIpc) is 3.28. The molecule has 9 heteroatoms. The van der Waals surface area contributed by atoms with Crippen LogP contribution >= 0.6 is 23.1 Å². The first-order chi connectivity index (χ1) is 13.8. The third-order valence-corrected chi connectivity index (χ3v) is 6.05. The van der Waals surface area contributed by atoms with Crippen molar-refractivity contribution in [1.82, 2.24) is 24.7 Å². The minimum absolute atomic E-state index is 0.102. The summed E-state index contributed by atoms with van der Waals surface area (Å²) in [5.41, 5.74) is 1.74. The second-order valence-corrected chi connectivity index (χ2v) is 8.32. The van der Waals surface area contributed by atoms with Crippen LogP contribution in [0.1, 0.15) is 24.6 Å². The van der Waals surface area contributed by atoms with Crippen LogP contribution in [0.25, 0.3) is 16.7 Å². The first-order valence-electron chi connectivity index (χ1n) is 8.91. The fraction of sp³-hybridized carbons (Fsp3) is 0.211. The molecule has 0 aliphatic heterocycles. The number of rotatable bonds is 6. The van der Waals surface area contributed by atoms with Gasteiger partial charge in [-0.25, -0.2) is 19.6 Å². The quantitative estimate of drug-likeness (QED) is 0.385. The summed E-state index contributed by atoms with van der Waals surface area (Å²) in [6, 6.07) is 9.93. The molecule has 1 amide bonds. The SMILES string of the molecule is O=C(CSc1nc(C2CC2)nc2c1cnn2-c1ccccc1)Nc1nccs1. The largest absolute Gasteiger partial charge is 0.301 e. The number of hydrogen-bond acceptors (Lipinski definition) is 7. The van der Waals surface area contributed by atoms with Crippen LogP contribution in [0.15, 0.2) is 53.1 Å². The van der Waals surface area contributed by atoms with Crippen LogP contribution in [0.4, 0.5) is 5.13 Å². The van der Waals surface area contributed by atoms with Crippen molar-refractivity contribution in [1.29, 1.82) is 0 Å². The van der Waals surface area contributed by atoms with Crippen molar-refractivity contribution in [2.45, 2.75) is 23.8 Å². The predicted molar refractivity (Wildman–Crippen MR) is 110 cm³/mol. The molecular formula is C19H16N6OS2. The number of carbonyl (C=O) groups excluding carboxylic acids is 1. The Kier molecular flexibility index (Phi) is 4.53. The van der Waals surface area contributed by atoms with Gasteiger partial charge in [0.25, 0.3) is 0 Å². The summed E-state index contributed by atoms with van der Waals surface area (Å²) in [4.78, 5) is 25.9. The molecule has 3 heterocycles. The molecule has 0 atom stereocenters. The highest BCUT2D eigenvalue weighted by molar-refractivity contribution is 8.00. The molecule has 28 heavy (non-hydrogen) atoms. The molecule has 0 saturated heterocycles. The molecule has 1 saturated carbocycles. The maximum atomic E-state index is 12.2. The summed E-state index contributed by atoms with van der Waals surface area (Å²) in [6.07, 6.45) is 5.67. The topological polar surface area (TPSA) is 85.6 Å².